The van der Waals surface area contributed by atoms with Crippen LogP contribution in [0.3, 0.4) is 0 Å². The molecule has 2 nitrogen and oxygen atoms in total. The summed E-state index contributed by atoms with van der Waals surface area (Å²) in [6.45, 7) is 0.197. The van der Waals surface area contributed by atoms with Crippen molar-refractivity contribution in [1.29, 1.82) is 0 Å². The van der Waals surface area contributed by atoms with Gasteiger partial charge in [0, 0.05) is 0 Å². The van der Waals surface area contributed by atoms with Gasteiger partial charge < -0.3 is 10.8 Å². The number of alkyl halides is 3. The van der Waals surface area contributed by atoms with Gasteiger partial charge in [0.1, 0.15) is 0 Å². The van der Waals surface area contributed by atoms with E-state index in [1.165, 1.54) is 0 Å². The molecule has 0 aromatic carbocycles. The average Bonchev–Trinajstić information content (AvgIpc) is 2.33. The van der Waals surface area contributed by atoms with Crippen molar-refractivity contribution in [3.05, 3.63) is 0 Å². The zero-order valence-electron chi connectivity index (χ0n) is 7.27. The van der Waals surface area contributed by atoms with Crippen molar-refractivity contribution < 1.29 is 18.3 Å². The Morgan fingerprint density at radius 3 is 2.54 bits per heavy atom. The van der Waals surface area contributed by atoms with Crippen molar-refractivity contribution in [2.75, 3.05) is 6.54 Å². The van der Waals surface area contributed by atoms with Gasteiger partial charge in [-0.2, -0.15) is 13.2 Å². The molecular weight excluding hydrogens is 183 g/mol. The fourth-order valence-corrected chi connectivity index (χ4v) is 2.02. The molecule has 0 heterocycles. The van der Waals surface area contributed by atoms with E-state index in [4.69, 9.17) is 5.73 Å². The van der Waals surface area contributed by atoms with Crippen LogP contribution in [0.15, 0.2) is 0 Å². The first-order valence-electron chi connectivity index (χ1n) is 4.41. The van der Waals surface area contributed by atoms with E-state index in [-0.39, 0.29) is 19.4 Å². The molecule has 5 heteroatoms. The molecular formula is C8H14F3NO. The van der Waals surface area contributed by atoms with Gasteiger partial charge in [0.25, 0.3) is 0 Å². The Morgan fingerprint density at radius 2 is 2.08 bits per heavy atom. The molecule has 1 fully saturated rings. The fraction of sp³-hybridized carbons (Fsp3) is 1.00. The summed E-state index contributed by atoms with van der Waals surface area (Å²) in [5, 5.41) is 9.44. The predicted octanol–water partition coefficient (Wildman–Crippen LogP) is 1.43. The third-order valence-electron chi connectivity index (χ3n) is 2.79. The summed E-state index contributed by atoms with van der Waals surface area (Å²) in [6, 6.07) is 0. The topological polar surface area (TPSA) is 46.2 Å². The molecule has 1 rings (SSSR count). The molecule has 0 radical (unpaired) electrons. The summed E-state index contributed by atoms with van der Waals surface area (Å²) in [4.78, 5) is 0. The highest BCUT2D eigenvalue weighted by molar-refractivity contribution is 4.97. The minimum atomic E-state index is -4.51. The van der Waals surface area contributed by atoms with Crippen molar-refractivity contribution in [2.45, 2.75) is 37.5 Å². The molecule has 0 saturated heterocycles. The van der Waals surface area contributed by atoms with Gasteiger partial charge in [-0.3, -0.25) is 0 Å². The number of rotatable bonds is 2. The molecule has 1 saturated carbocycles. The number of hydrogen-bond acceptors (Lipinski definition) is 2. The molecule has 1 aliphatic carbocycles. The Kier molecular flexibility index (Phi) is 2.87. The maximum atomic E-state index is 12.4. The highest BCUT2D eigenvalue weighted by atomic mass is 19.4. The summed E-state index contributed by atoms with van der Waals surface area (Å²) < 4.78 is 37.3. The van der Waals surface area contributed by atoms with Crippen LogP contribution in [0.2, 0.25) is 0 Å². The molecule has 0 aliphatic heterocycles. The number of nitrogens with two attached hydrogens (primary N) is 1. The Bertz CT molecular complexity index is 183. The second-order valence-corrected chi connectivity index (χ2v) is 3.59. The lowest BCUT2D eigenvalue weighted by Gasteiger charge is -2.31. The first-order valence-corrected chi connectivity index (χ1v) is 4.41. The van der Waals surface area contributed by atoms with E-state index in [0.717, 1.165) is 0 Å². The van der Waals surface area contributed by atoms with E-state index < -0.39 is 17.7 Å². The lowest BCUT2D eigenvalue weighted by molar-refractivity contribution is -0.272. The van der Waals surface area contributed by atoms with Crippen molar-refractivity contribution >= 4 is 0 Å². The largest absolute Gasteiger partial charge is 0.417 e. The van der Waals surface area contributed by atoms with Crippen LogP contribution in [0.5, 0.6) is 0 Å². The summed E-state index contributed by atoms with van der Waals surface area (Å²) >= 11 is 0. The second kappa shape index (κ2) is 3.46. The van der Waals surface area contributed by atoms with Crippen molar-refractivity contribution in [1.82, 2.24) is 0 Å². The minimum Gasteiger partial charge on any atom is -0.380 e. The zero-order valence-corrected chi connectivity index (χ0v) is 7.27. The van der Waals surface area contributed by atoms with E-state index >= 15 is 0 Å². The van der Waals surface area contributed by atoms with Crippen LogP contribution in [-0.4, -0.2) is 23.4 Å². The lowest BCUT2D eigenvalue weighted by atomic mass is 9.87. The van der Waals surface area contributed by atoms with Gasteiger partial charge in [-0.1, -0.05) is 0 Å². The van der Waals surface area contributed by atoms with Crippen LogP contribution in [0.1, 0.15) is 25.7 Å². The highest BCUT2D eigenvalue weighted by Crippen LogP contribution is 2.47. The van der Waals surface area contributed by atoms with Crippen LogP contribution in [-0.2, 0) is 0 Å². The molecule has 1 aliphatic rings. The Labute approximate surface area is 74.9 Å². The molecule has 0 amide bonds. The van der Waals surface area contributed by atoms with E-state index in [1.807, 2.05) is 0 Å². The number of halogens is 3. The van der Waals surface area contributed by atoms with Gasteiger partial charge in [0.05, 0.1) is 0 Å². The van der Waals surface area contributed by atoms with E-state index in [0.29, 0.717) is 12.8 Å². The molecule has 3 N–H and O–H groups in total. The van der Waals surface area contributed by atoms with Crippen LogP contribution in [0.25, 0.3) is 0 Å². The van der Waals surface area contributed by atoms with Crippen molar-refractivity contribution in [3.63, 3.8) is 0 Å². The van der Waals surface area contributed by atoms with Crippen LogP contribution in [0.4, 0.5) is 13.2 Å². The number of hydrogen-bond donors (Lipinski definition) is 2. The Balaban J connectivity index is 2.75. The normalized spacial score (nSPS) is 35.3. The third-order valence-corrected chi connectivity index (χ3v) is 2.79. The zero-order chi connectivity index (χ0) is 10.1. The summed E-state index contributed by atoms with van der Waals surface area (Å²) in [7, 11) is 0. The van der Waals surface area contributed by atoms with Crippen LogP contribution in [0, 0.1) is 5.92 Å². The van der Waals surface area contributed by atoms with Gasteiger partial charge in [0.15, 0.2) is 5.60 Å². The maximum absolute atomic E-state index is 12.4. The van der Waals surface area contributed by atoms with E-state index in [9.17, 15) is 18.3 Å². The molecule has 0 aromatic rings. The maximum Gasteiger partial charge on any atom is 0.417 e. The second-order valence-electron chi connectivity index (χ2n) is 3.59. The quantitative estimate of drug-likeness (QED) is 0.703. The summed E-state index contributed by atoms with van der Waals surface area (Å²) in [5.41, 5.74) is 2.71. The predicted molar refractivity (Wildman–Crippen MR) is 42.0 cm³/mol. The first-order chi connectivity index (χ1) is 5.92. The van der Waals surface area contributed by atoms with Gasteiger partial charge in [-0.25, -0.2) is 0 Å². The molecule has 2 atom stereocenters. The molecule has 78 valence electrons. The van der Waals surface area contributed by atoms with Crippen molar-refractivity contribution in [2.24, 2.45) is 11.7 Å². The minimum absolute atomic E-state index is 0.179. The standard InChI is InChI=1S/C8H14F3NO/c9-8(10,11)7(13)4-1-2-6(7)3-5-12/h6,13H,1-5,12H2. The number of aliphatic hydroxyl groups is 1. The summed E-state index contributed by atoms with van der Waals surface area (Å²) in [6.07, 6.45) is -3.59. The van der Waals surface area contributed by atoms with Gasteiger partial charge in [-0.15, -0.1) is 0 Å². The van der Waals surface area contributed by atoms with Gasteiger partial charge >= 0.3 is 6.18 Å². The molecule has 2 unspecified atom stereocenters. The lowest BCUT2D eigenvalue weighted by Crippen LogP contribution is -2.48. The Morgan fingerprint density at radius 1 is 1.46 bits per heavy atom. The molecule has 13 heavy (non-hydrogen) atoms. The van der Waals surface area contributed by atoms with E-state index in [1.54, 1.807) is 0 Å². The summed E-state index contributed by atoms with van der Waals surface area (Å²) in [5.74, 6) is -0.711. The van der Waals surface area contributed by atoms with Gasteiger partial charge in [-0.05, 0) is 38.1 Å². The smallest absolute Gasteiger partial charge is 0.380 e. The first kappa shape index (κ1) is 10.8. The van der Waals surface area contributed by atoms with E-state index in [2.05, 4.69) is 0 Å². The molecule has 0 bridgehead atoms. The Hall–Kier alpha value is -0.290. The highest BCUT2D eigenvalue weighted by Gasteiger charge is 2.59. The monoisotopic (exact) mass is 197 g/mol. The molecule has 0 spiro atoms. The van der Waals surface area contributed by atoms with Crippen LogP contribution < -0.4 is 5.73 Å². The average molecular weight is 197 g/mol. The SMILES string of the molecule is NCCC1CCCC1(O)C(F)(F)F. The van der Waals surface area contributed by atoms with Crippen molar-refractivity contribution in [3.8, 4) is 0 Å². The third kappa shape index (κ3) is 1.81. The fourth-order valence-electron chi connectivity index (χ4n) is 2.02. The molecule has 0 aromatic heterocycles. The van der Waals surface area contributed by atoms with Gasteiger partial charge in [0.2, 0.25) is 0 Å². The van der Waals surface area contributed by atoms with Crippen LogP contribution >= 0.6 is 0 Å².